The minimum absolute atomic E-state index is 0.745. The van der Waals surface area contributed by atoms with Gasteiger partial charge in [0.1, 0.15) is 0 Å². The SMILES string of the molecule is C=CCC(C)CC.CCCOCc1ccccc1. The average molecular weight is 248 g/mol. The van der Waals surface area contributed by atoms with Crippen LogP contribution in [0, 0.1) is 5.92 Å². The van der Waals surface area contributed by atoms with E-state index in [4.69, 9.17) is 4.74 Å². The number of hydrogen-bond donors (Lipinski definition) is 0. The number of rotatable bonds is 7. The Morgan fingerprint density at radius 2 is 1.89 bits per heavy atom. The first kappa shape index (κ1) is 16.9. The summed E-state index contributed by atoms with van der Waals surface area (Å²) in [7, 11) is 0. The van der Waals surface area contributed by atoms with Crippen molar-refractivity contribution < 1.29 is 4.74 Å². The van der Waals surface area contributed by atoms with Crippen LogP contribution in [0.25, 0.3) is 0 Å². The lowest BCUT2D eigenvalue weighted by molar-refractivity contribution is 0.121. The fraction of sp³-hybridized carbons (Fsp3) is 0.529. The summed E-state index contributed by atoms with van der Waals surface area (Å²) in [5.41, 5.74) is 1.25. The highest BCUT2D eigenvalue weighted by atomic mass is 16.5. The molecule has 0 aliphatic heterocycles. The molecule has 0 heterocycles. The van der Waals surface area contributed by atoms with Gasteiger partial charge in [-0.2, -0.15) is 0 Å². The van der Waals surface area contributed by atoms with Crippen LogP contribution in [0.3, 0.4) is 0 Å². The van der Waals surface area contributed by atoms with Gasteiger partial charge in [-0.15, -0.1) is 6.58 Å². The molecule has 0 saturated carbocycles. The zero-order chi connectivity index (χ0) is 13.6. The molecule has 1 atom stereocenters. The van der Waals surface area contributed by atoms with Crippen LogP contribution in [0.1, 0.15) is 45.6 Å². The van der Waals surface area contributed by atoms with Crippen LogP contribution in [-0.4, -0.2) is 6.61 Å². The van der Waals surface area contributed by atoms with E-state index in [1.54, 1.807) is 0 Å². The van der Waals surface area contributed by atoms with Gasteiger partial charge in [-0.1, -0.05) is 63.6 Å². The smallest absolute Gasteiger partial charge is 0.0716 e. The van der Waals surface area contributed by atoms with Crippen molar-refractivity contribution in [1.82, 2.24) is 0 Å². The fourth-order valence-corrected chi connectivity index (χ4v) is 1.36. The number of benzene rings is 1. The van der Waals surface area contributed by atoms with E-state index in [1.165, 1.54) is 12.0 Å². The fourth-order valence-electron chi connectivity index (χ4n) is 1.36. The Bertz CT molecular complexity index is 279. The first-order valence-corrected chi connectivity index (χ1v) is 6.97. The van der Waals surface area contributed by atoms with Crippen molar-refractivity contribution in [3.63, 3.8) is 0 Å². The Labute approximate surface area is 113 Å². The summed E-state index contributed by atoms with van der Waals surface area (Å²) >= 11 is 0. The van der Waals surface area contributed by atoms with Gasteiger partial charge in [0.2, 0.25) is 0 Å². The molecule has 1 heteroatoms. The third-order valence-electron chi connectivity index (χ3n) is 2.73. The first-order valence-electron chi connectivity index (χ1n) is 6.97. The molecule has 0 saturated heterocycles. The molecular weight excluding hydrogens is 220 g/mol. The maximum absolute atomic E-state index is 5.37. The van der Waals surface area contributed by atoms with Crippen molar-refractivity contribution >= 4 is 0 Å². The van der Waals surface area contributed by atoms with E-state index >= 15 is 0 Å². The number of hydrogen-bond acceptors (Lipinski definition) is 1. The highest BCUT2D eigenvalue weighted by Gasteiger charge is 1.90. The summed E-state index contributed by atoms with van der Waals surface area (Å²) in [6.07, 6.45) is 5.50. The molecule has 0 aliphatic carbocycles. The second-order valence-electron chi connectivity index (χ2n) is 4.58. The van der Waals surface area contributed by atoms with Gasteiger partial charge in [-0.3, -0.25) is 0 Å². The lowest BCUT2D eigenvalue weighted by atomic mass is 10.1. The zero-order valence-corrected chi connectivity index (χ0v) is 12.2. The average Bonchev–Trinajstić information content (AvgIpc) is 2.41. The second-order valence-corrected chi connectivity index (χ2v) is 4.58. The Hall–Kier alpha value is -1.08. The lowest BCUT2D eigenvalue weighted by Crippen LogP contribution is -1.92. The molecule has 1 unspecified atom stereocenters. The van der Waals surface area contributed by atoms with E-state index in [0.717, 1.165) is 32.0 Å². The van der Waals surface area contributed by atoms with Gasteiger partial charge >= 0.3 is 0 Å². The van der Waals surface area contributed by atoms with Crippen LogP contribution in [-0.2, 0) is 11.3 Å². The third kappa shape index (κ3) is 10.1. The summed E-state index contributed by atoms with van der Waals surface area (Å²) in [5, 5.41) is 0. The highest BCUT2D eigenvalue weighted by Crippen LogP contribution is 2.04. The maximum Gasteiger partial charge on any atom is 0.0716 e. The molecule has 0 radical (unpaired) electrons. The highest BCUT2D eigenvalue weighted by molar-refractivity contribution is 5.13. The molecule has 102 valence electrons. The van der Waals surface area contributed by atoms with Gasteiger partial charge < -0.3 is 4.74 Å². The van der Waals surface area contributed by atoms with Crippen molar-refractivity contribution in [2.75, 3.05) is 6.61 Å². The molecule has 1 aromatic rings. The van der Waals surface area contributed by atoms with E-state index in [2.05, 4.69) is 39.5 Å². The Balaban J connectivity index is 0.000000360. The zero-order valence-electron chi connectivity index (χ0n) is 12.2. The lowest BCUT2D eigenvalue weighted by Gasteiger charge is -2.00. The quantitative estimate of drug-likeness (QED) is 0.474. The van der Waals surface area contributed by atoms with Crippen LogP contribution in [0.5, 0.6) is 0 Å². The van der Waals surface area contributed by atoms with E-state index in [1.807, 2.05) is 24.3 Å². The van der Waals surface area contributed by atoms with Crippen molar-refractivity contribution in [3.8, 4) is 0 Å². The molecular formula is C17H28O. The van der Waals surface area contributed by atoms with Crippen LogP contribution >= 0.6 is 0 Å². The first-order chi connectivity index (χ1) is 8.74. The van der Waals surface area contributed by atoms with Crippen molar-refractivity contribution in [2.45, 2.75) is 46.6 Å². The molecule has 1 rings (SSSR count). The summed E-state index contributed by atoms with van der Waals surface area (Å²) in [5.74, 6) is 0.831. The predicted molar refractivity (Wildman–Crippen MR) is 80.7 cm³/mol. The molecule has 0 N–H and O–H groups in total. The predicted octanol–water partition coefficient (Wildman–Crippen LogP) is 5.22. The van der Waals surface area contributed by atoms with Gasteiger partial charge in [0, 0.05) is 6.61 Å². The van der Waals surface area contributed by atoms with Crippen LogP contribution in [0.2, 0.25) is 0 Å². The van der Waals surface area contributed by atoms with Crippen LogP contribution in [0.4, 0.5) is 0 Å². The van der Waals surface area contributed by atoms with Crippen LogP contribution in [0.15, 0.2) is 43.0 Å². The van der Waals surface area contributed by atoms with E-state index in [-0.39, 0.29) is 0 Å². The van der Waals surface area contributed by atoms with Crippen LogP contribution < -0.4 is 0 Å². The Kier molecular flexibility index (Phi) is 11.6. The van der Waals surface area contributed by atoms with Crippen molar-refractivity contribution in [3.05, 3.63) is 48.6 Å². The van der Waals surface area contributed by atoms with Gasteiger partial charge in [0.05, 0.1) is 6.61 Å². The third-order valence-corrected chi connectivity index (χ3v) is 2.73. The maximum atomic E-state index is 5.37. The topological polar surface area (TPSA) is 9.23 Å². The van der Waals surface area contributed by atoms with Crippen molar-refractivity contribution in [1.29, 1.82) is 0 Å². The second kappa shape index (κ2) is 12.4. The molecule has 1 aromatic carbocycles. The molecule has 0 fully saturated rings. The van der Waals surface area contributed by atoms with Gasteiger partial charge in [0.25, 0.3) is 0 Å². The van der Waals surface area contributed by atoms with Gasteiger partial charge in [0.15, 0.2) is 0 Å². The molecule has 0 aromatic heterocycles. The Morgan fingerprint density at radius 3 is 2.33 bits per heavy atom. The van der Waals surface area contributed by atoms with Crippen molar-refractivity contribution in [2.24, 2.45) is 5.92 Å². The minimum Gasteiger partial charge on any atom is -0.377 e. The normalized spacial score (nSPS) is 11.3. The minimum atomic E-state index is 0.745. The van der Waals surface area contributed by atoms with E-state index in [9.17, 15) is 0 Å². The Morgan fingerprint density at radius 1 is 1.22 bits per heavy atom. The molecule has 18 heavy (non-hydrogen) atoms. The largest absolute Gasteiger partial charge is 0.377 e. The molecule has 0 amide bonds. The number of ether oxygens (including phenoxy) is 1. The molecule has 0 spiro atoms. The molecule has 0 bridgehead atoms. The molecule has 1 nitrogen and oxygen atoms in total. The summed E-state index contributed by atoms with van der Waals surface area (Å²) < 4.78 is 5.37. The summed E-state index contributed by atoms with van der Waals surface area (Å²) in [6, 6.07) is 10.2. The number of allylic oxidation sites excluding steroid dienone is 1. The summed E-state index contributed by atoms with van der Waals surface area (Å²) in [6.45, 7) is 11.8. The van der Waals surface area contributed by atoms with E-state index < -0.39 is 0 Å². The molecule has 0 aliphatic rings. The summed E-state index contributed by atoms with van der Waals surface area (Å²) in [4.78, 5) is 0. The van der Waals surface area contributed by atoms with Gasteiger partial charge in [-0.05, 0) is 24.3 Å². The standard InChI is InChI=1S/C10H14O.C7H14/c1-2-8-11-9-10-6-4-3-5-7-10;1-4-6-7(3)5-2/h3-7H,2,8-9H2,1H3;4,7H,1,5-6H2,2-3H3. The van der Waals surface area contributed by atoms with E-state index in [0.29, 0.717) is 0 Å². The van der Waals surface area contributed by atoms with Gasteiger partial charge in [-0.25, -0.2) is 0 Å². The monoisotopic (exact) mass is 248 g/mol.